The molecule has 1 aromatic carbocycles. The van der Waals surface area contributed by atoms with Gasteiger partial charge in [-0.15, -0.1) is 0 Å². The number of carboxylic acids is 1. The van der Waals surface area contributed by atoms with Crippen molar-refractivity contribution in [1.82, 2.24) is 24.7 Å². The lowest BCUT2D eigenvalue weighted by Crippen LogP contribution is -2.60. The van der Waals surface area contributed by atoms with Gasteiger partial charge in [0.1, 0.15) is 47.3 Å². The topological polar surface area (TPSA) is 261 Å². The average Bonchev–Trinajstić information content (AvgIpc) is 4.21. The number of ether oxygens (including phenoxy) is 5. The molecule has 21 heteroatoms. The molecule has 4 heterocycles. The first-order chi connectivity index (χ1) is 35.8. The molecule has 6 rings (SSSR count). The molecule has 14 atom stereocenters. The van der Waals surface area contributed by atoms with E-state index >= 15 is 0 Å². The molecule has 76 heavy (non-hydrogen) atoms. The van der Waals surface area contributed by atoms with Gasteiger partial charge in [-0.25, -0.2) is 4.79 Å². The van der Waals surface area contributed by atoms with Crippen LogP contribution in [0.15, 0.2) is 47.5 Å². The average molecular weight is 1090 g/mol. The Kier molecular flexibility index (Phi) is 20.5. The Labute approximate surface area is 450 Å². The number of nitrogens with one attached hydrogen (secondary N) is 2. The number of rotatable bonds is 17. The van der Waals surface area contributed by atoms with Crippen molar-refractivity contribution in [3.63, 3.8) is 0 Å². The lowest BCUT2D eigenvalue weighted by Gasteiger charge is -2.48. The Morgan fingerprint density at radius 1 is 1.01 bits per heavy atom. The molecule has 3 fully saturated rings. The fourth-order valence-corrected chi connectivity index (χ4v) is 11.3. The van der Waals surface area contributed by atoms with Gasteiger partial charge in [0, 0.05) is 68.0 Å². The molecule has 422 valence electrons. The molecule has 0 spiro atoms. The molecule has 0 amide bonds. The summed E-state index contributed by atoms with van der Waals surface area (Å²) in [7, 11) is 5.49. The number of hydrogen-bond acceptors (Lipinski definition) is 18. The fraction of sp³-hybridized carbons (Fsp3) is 0.673. The second-order valence-electron chi connectivity index (χ2n) is 22.1. The molecule has 3 aromatic rings. The van der Waals surface area contributed by atoms with Crippen LogP contribution in [-0.4, -0.2) is 177 Å². The Morgan fingerprint density at radius 3 is 2.36 bits per heavy atom. The minimum Gasteiger partial charge on any atom is -0.477 e. The normalized spacial score (nSPS) is 32.2. The summed E-state index contributed by atoms with van der Waals surface area (Å²) in [4.78, 5) is 76.2. The van der Waals surface area contributed by atoms with Gasteiger partial charge < -0.3 is 69.1 Å². The van der Waals surface area contributed by atoms with E-state index in [1.165, 1.54) is 20.0 Å². The lowest BCUT2D eigenvalue weighted by molar-refractivity contribution is -0.301. The van der Waals surface area contributed by atoms with Gasteiger partial charge in [-0.2, -0.15) is 0 Å². The van der Waals surface area contributed by atoms with E-state index in [4.69, 9.17) is 35.3 Å². The highest BCUT2D eigenvalue weighted by atomic mass is 35.5. The van der Waals surface area contributed by atoms with Crippen LogP contribution in [0.25, 0.3) is 10.9 Å². The SMILES string of the molecule is CC[C@H]1OC(=O)[C@H](C)[C@@H](OC(=O)Cc2ccccn2)[C@H](C)[C@@H](O[C@@H]2O[C@H](C)C[C@H](N(C)C)[C@H]2O)[C@](C)(OC(=O)CCNCCNc2cc3c(=O)c(C(=O)O)cn(C4CC4)c3cc2Cl)C[C@@H](C)CN(C)[C@H](C)[C@@H](O)[C@]1(C)O. The van der Waals surface area contributed by atoms with Crippen LogP contribution < -0.4 is 16.1 Å². The maximum absolute atomic E-state index is 14.5. The number of carbonyl (C=O) groups excluding carboxylic acids is 3. The number of hydrogen-bond donors (Lipinski definition) is 6. The number of nitrogens with zero attached hydrogens (tertiary/aromatic N) is 4. The summed E-state index contributed by atoms with van der Waals surface area (Å²) in [6.45, 7) is 14.9. The number of likely N-dealkylation sites (N-methyl/N-ethyl adjacent to an activating group) is 2. The highest BCUT2D eigenvalue weighted by Crippen LogP contribution is 2.41. The summed E-state index contributed by atoms with van der Waals surface area (Å²) < 4.78 is 34.1. The van der Waals surface area contributed by atoms with Gasteiger partial charge in [0.05, 0.1) is 46.8 Å². The van der Waals surface area contributed by atoms with Crippen LogP contribution >= 0.6 is 11.6 Å². The first-order valence-corrected chi connectivity index (χ1v) is 27.0. The second kappa shape index (κ2) is 25.8. The molecule has 1 saturated carbocycles. The number of aliphatic hydroxyl groups excluding tert-OH is 2. The zero-order chi connectivity index (χ0) is 56.0. The van der Waals surface area contributed by atoms with Gasteiger partial charge in [-0.1, -0.05) is 38.4 Å². The predicted molar refractivity (Wildman–Crippen MR) is 285 cm³/mol. The molecule has 3 aliphatic rings. The van der Waals surface area contributed by atoms with Gasteiger partial charge in [0.15, 0.2) is 6.29 Å². The lowest BCUT2D eigenvalue weighted by atomic mass is 9.77. The summed E-state index contributed by atoms with van der Waals surface area (Å²) >= 11 is 6.70. The Morgan fingerprint density at radius 2 is 1.72 bits per heavy atom. The number of benzene rings is 1. The molecule has 0 bridgehead atoms. The van der Waals surface area contributed by atoms with E-state index in [-0.39, 0.29) is 61.2 Å². The van der Waals surface area contributed by atoms with Gasteiger partial charge in [0.2, 0.25) is 5.43 Å². The van der Waals surface area contributed by atoms with Crippen molar-refractivity contribution in [2.24, 2.45) is 17.8 Å². The number of aliphatic hydroxyl groups is 3. The second-order valence-corrected chi connectivity index (χ2v) is 22.5. The number of carboxylic acid groups (broad SMARTS) is 1. The van der Waals surface area contributed by atoms with E-state index in [2.05, 4.69) is 15.6 Å². The van der Waals surface area contributed by atoms with E-state index in [0.29, 0.717) is 48.0 Å². The number of aromatic nitrogens is 2. The van der Waals surface area contributed by atoms with Crippen LogP contribution in [0.1, 0.15) is 116 Å². The summed E-state index contributed by atoms with van der Waals surface area (Å²) in [5.41, 5.74) is -3.01. The first kappa shape index (κ1) is 60.5. The molecule has 0 unspecified atom stereocenters. The predicted octanol–water partition coefficient (Wildman–Crippen LogP) is 4.81. The van der Waals surface area contributed by atoms with Crippen LogP contribution in [0, 0.1) is 17.8 Å². The number of pyridine rings is 2. The van der Waals surface area contributed by atoms with Crippen molar-refractivity contribution in [3.8, 4) is 0 Å². The van der Waals surface area contributed by atoms with Crippen molar-refractivity contribution in [3.05, 3.63) is 69.2 Å². The smallest absolute Gasteiger partial charge is 0.341 e. The van der Waals surface area contributed by atoms with Crippen molar-refractivity contribution >= 4 is 52.1 Å². The molecule has 1 aliphatic carbocycles. The number of carbonyl (C=O) groups is 4. The van der Waals surface area contributed by atoms with E-state index in [0.717, 1.165) is 12.8 Å². The number of anilines is 1. The van der Waals surface area contributed by atoms with E-state index < -0.39 is 101 Å². The highest BCUT2D eigenvalue weighted by Gasteiger charge is 2.53. The highest BCUT2D eigenvalue weighted by molar-refractivity contribution is 6.34. The zero-order valence-electron chi connectivity index (χ0n) is 45.9. The van der Waals surface area contributed by atoms with Crippen LogP contribution in [-0.2, 0) is 44.5 Å². The molecular weight excluding hydrogens is 1000 g/mol. The minimum absolute atomic E-state index is 0.0931. The maximum atomic E-state index is 14.5. The Balaban J connectivity index is 1.30. The van der Waals surface area contributed by atoms with E-state index in [1.54, 1.807) is 75.8 Å². The maximum Gasteiger partial charge on any atom is 0.341 e. The first-order valence-electron chi connectivity index (χ1n) is 26.6. The molecular formula is C55H81ClN6O14. The van der Waals surface area contributed by atoms with Crippen molar-refractivity contribution in [2.45, 2.75) is 173 Å². The Bertz CT molecular complexity index is 2550. The van der Waals surface area contributed by atoms with E-state index in [1.807, 2.05) is 37.7 Å². The molecule has 20 nitrogen and oxygen atoms in total. The van der Waals surface area contributed by atoms with Crippen LogP contribution in [0.5, 0.6) is 0 Å². The summed E-state index contributed by atoms with van der Waals surface area (Å²) in [6.07, 6.45) is -2.91. The van der Waals surface area contributed by atoms with E-state index in [9.17, 15) is 44.4 Å². The van der Waals surface area contributed by atoms with Gasteiger partial charge in [-0.3, -0.25) is 24.2 Å². The van der Waals surface area contributed by atoms with Crippen LogP contribution in [0.2, 0.25) is 5.02 Å². The number of fused-ring (bicyclic) bond motifs is 1. The van der Waals surface area contributed by atoms with Gasteiger partial charge >= 0.3 is 23.9 Å². The number of aromatic carboxylic acids is 1. The minimum atomic E-state index is -1.91. The number of cyclic esters (lactones) is 1. The van der Waals surface area contributed by atoms with Crippen molar-refractivity contribution in [2.75, 3.05) is 52.6 Å². The van der Waals surface area contributed by atoms with Crippen molar-refractivity contribution in [1.29, 1.82) is 0 Å². The third kappa shape index (κ3) is 14.5. The summed E-state index contributed by atoms with van der Waals surface area (Å²) in [6, 6.07) is 7.39. The van der Waals surface area contributed by atoms with Crippen LogP contribution in [0.3, 0.4) is 0 Å². The summed E-state index contributed by atoms with van der Waals surface area (Å²) in [5, 5.41) is 52.4. The summed E-state index contributed by atoms with van der Waals surface area (Å²) in [5.74, 6) is -5.99. The Hall–Kier alpha value is -4.77. The quantitative estimate of drug-likeness (QED) is 0.0602. The van der Waals surface area contributed by atoms with Gasteiger partial charge in [0.25, 0.3) is 0 Å². The number of halogens is 1. The molecule has 2 aliphatic heterocycles. The third-order valence-corrected chi connectivity index (χ3v) is 15.8. The molecule has 2 aromatic heterocycles. The molecule has 2 saturated heterocycles. The molecule has 0 radical (unpaired) electrons. The number of esters is 3. The fourth-order valence-electron chi connectivity index (χ4n) is 11.1. The van der Waals surface area contributed by atoms with Crippen molar-refractivity contribution < 1.29 is 63.3 Å². The zero-order valence-corrected chi connectivity index (χ0v) is 46.6. The molecule has 6 N–H and O–H groups in total. The standard InChI is InChI=1S/C55H81ClN6O14/c1-12-43-55(8,71)49(67)34(6)61(11)28-30(2)27-54(7,76-44(63)18-20-57-21-22-59-40-25-37-41(26-39(40)56)62(36-16-17-36)29-38(46(37)65)51(68)69)50(75-53-47(66)42(60(9)10)23-31(3)72-53)32(4)48(33(5)52(70)73-43)74-45(64)24-35-15-13-14-19-58-35/h13-15,19,25-26,29-34,36,42-43,47-50,53,57,59,66-67,71H,12,16-18,20-24,27-28H2,1-11H3,(H,68,69)/t30-,31-,32+,33-,34-,42+,43-,47-,48+,49-,50-,53+,54-,55-/m1/s1. The van der Waals surface area contributed by atoms with Gasteiger partial charge in [-0.05, 0) is 118 Å². The third-order valence-electron chi connectivity index (χ3n) is 15.5. The van der Waals surface area contributed by atoms with Crippen LogP contribution in [0.4, 0.5) is 5.69 Å². The monoisotopic (exact) mass is 1080 g/mol. The largest absolute Gasteiger partial charge is 0.477 e.